The van der Waals surface area contributed by atoms with Crippen molar-refractivity contribution in [1.29, 1.82) is 0 Å². The van der Waals surface area contributed by atoms with Gasteiger partial charge in [0.15, 0.2) is 0 Å². The molecule has 2 nitrogen and oxygen atoms in total. The lowest BCUT2D eigenvalue weighted by atomic mass is 10.1. The maximum atomic E-state index is 13.1. The second-order valence-corrected chi connectivity index (χ2v) is 5.24. The van der Waals surface area contributed by atoms with Crippen LogP contribution in [-0.4, -0.2) is 26.2 Å². The number of halogens is 1. The van der Waals surface area contributed by atoms with E-state index in [-0.39, 0.29) is 5.82 Å². The van der Waals surface area contributed by atoms with E-state index in [1.54, 1.807) is 12.1 Å². The molecule has 0 saturated carbocycles. The van der Waals surface area contributed by atoms with Gasteiger partial charge in [0, 0.05) is 18.8 Å². The molecule has 1 unspecified atom stereocenters. The topological polar surface area (TPSA) is 15.3 Å². The summed E-state index contributed by atoms with van der Waals surface area (Å²) in [6.45, 7) is 8.56. The number of rotatable bonds is 5. The number of hydrogen-bond donors (Lipinski definition) is 1. The van der Waals surface area contributed by atoms with Crippen LogP contribution >= 0.6 is 0 Å². The van der Waals surface area contributed by atoms with E-state index in [2.05, 4.69) is 17.1 Å². The highest BCUT2D eigenvalue weighted by Gasteiger charge is 2.23. The fraction of sp³-hybridized carbons (Fsp3) is 0.600. The monoisotopic (exact) mass is 250 g/mol. The maximum Gasteiger partial charge on any atom is 0.123 e. The van der Waals surface area contributed by atoms with Gasteiger partial charge in [0.05, 0.1) is 0 Å². The van der Waals surface area contributed by atoms with Crippen LogP contribution in [0.5, 0.6) is 0 Å². The molecule has 2 rings (SSSR count). The van der Waals surface area contributed by atoms with Crippen LogP contribution in [0.25, 0.3) is 0 Å². The molecular weight excluding hydrogens is 227 g/mol. The molecule has 1 fully saturated rings. The van der Waals surface area contributed by atoms with Crippen LogP contribution in [0.15, 0.2) is 18.2 Å². The Bertz CT molecular complexity index is 392. The van der Waals surface area contributed by atoms with Crippen LogP contribution in [-0.2, 0) is 0 Å². The molecule has 0 amide bonds. The van der Waals surface area contributed by atoms with Gasteiger partial charge in [0.1, 0.15) is 5.82 Å². The quantitative estimate of drug-likeness (QED) is 0.808. The van der Waals surface area contributed by atoms with Crippen LogP contribution in [0.4, 0.5) is 10.1 Å². The lowest BCUT2D eigenvalue weighted by Gasteiger charge is -2.21. The number of hydrogen-bond acceptors (Lipinski definition) is 2. The van der Waals surface area contributed by atoms with Crippen molar-refractivity contribution in [3.63, 3.8) is 0 Å². The molecule has 1 N–H and O–H groups in total. The van der Waals surface area contributed by atoms with E-state index < -0.39 is 0 Å². The van der Waals surface area contributed by atoms with E-state index in [1.807, 2.05) is 13.0 Å². The van der Waals surface area contributed by atoms with Crippen LogP contribution in [0, 0.1) is 18.7 Å². The largest absolute Gasteiger partial charge is 0.371 e. The van der Waals surface area contributed by atoms with Crippen molar-refractivity contribution >= 4 is 5.69 Å². The van der Waals surface area contributed by atoms with Crippen LogP contribution in [0.2, 0.25) is 0 Å². The average molecular weight is 250 g/mol. The Hall–Kier alpha value is -1.09. The first-order valence-electron chi connectivity index (χ1n) is 6.92. The van der Waals surface area contributed by atoms with Crippen LogP contribution < -0.4 is 10.2 Å². The molecule has 18 heavy (non-hydrogen) atoms. The van der Waals surface area contributed by atoms with Crippen molar-refractivity contribution in [2.24, 2.45) is 5.92 Å². The number of benzene rings is 1. The van der Waals surface area contributed by atoms with Gasteiger partial charge in [-0.3, -0.25) is 0 Å². The van der Waals surface area contributed by atoms with Crippen molar-refractivity contribution in [3.05, 3.63) is 29.6 Å². The predicted molar refractivity (Wildman–Crippen MR) is 74.6 cm³/mol. The first kappa shape index (κ1) is 13.3. The first-order chi connectivity index (χ1) is 8.70. The van der Waals surface area contributed by atoms with E-state index in [0.29, 0.717) is 0 Å². The summed E-state index contributed by atoms with van der Waals surface area (Å²) in [7, 11) is 0. The van der Waals surface area contributed by atoms with Crippen molar-refractivity contribution in [2.45, 2.75) is 26.7 Å². The zero-order chi connectivity index (χ0) is 13.0. The summed E-state index contributed by atoms with van der Waals surface area (Å²) >= 11 is 0. The van der Waals surface area contributed by atoms with Gasteiger partial charge >= 0.3 is 0 Å². The Kier molecular flexibility index (Phi) is 4.59. The minimum atomic E-state index is -0.142. The molecule has 0 radical (unpaired) electrons. The van der Waals surface area contributed by atoms with Crippen molar-refractivity contribution in [2.75, 3.05) is 31.1 Å². The Morgan fingerprint density at radius 1 is 1.44 bits per heavy atom. The summed E-state index contributed by atoms with van der Waals surface area (Å²) in [6.07, 6.45) is 2.42. The highest BCUT2D eigenvalue weighted by molar-refractivity contribution is 5.53. The second kappa shape index (κ2) is 6.19. The van der Waals surface area contributed by atoms with Crippen molar-refractivity contribution in [1.82, 2.24) is 5.32 Å². The lowest BCUT2D eigenvalue weighted by Crippen LogP contribution is -2.27. The molecule has 3 heteroatoms. The summed E-state index contributed by atoms with van der Waals surface area (Å²) in [5.74, 6) is 0.581. The van der Waals surface area contributed by atoms with E-state index in [1.165, 1.54) is 18.5 Å². The standard InChI is InChI=1S/C15H23FN2/c1-3-7-17-10-13-6-8-18(11-13)15-5-4-14(16)9-12(15)2/h4-5,9,13,17H,3,6-8,10-11H2,1-2H3. The van der Waals surface area contributed by atoms with E-state index in [0.717, 1.165) is 37.7 Å². The number of nitrogens with one attached hydrogen (secondary N) is 1. The molecule has 0 aliphatic carbocycles. The SMILES string of the molecule is CCCNCC1CCN(c2ccc(F)cc2C)C1. The van der Waals surface area contributed by atoms with Gasteiger partial charge in [-0.15, -0.1) is 0 Å². The molecule has 1 aromatic carbocycles. The summed E-state index contributed by atoms with van der Waals surface area (Å²) in [4.78, 5) is 2.38. The third-order valence-electron chi connectivity index (χ3n) is 3.65. The van der Waals surface area contributed by atoms with Crippen LogP contribution in [0.3, 0.4) is 0 Å². The molecule has 0 aromatic heterocycles. The van der Waals surface area contributed by atoms with Gasteiger partial charge in [0.2, 0.25) is 0 Å². The highest BCUT2D eigenvalue weighted by Crippen LogP contribution is 2.26. The minimum Gasteiger partial charge on any atom is -0.371 e. The van der Waals surface area contributed by atoms with Crippen LogP contribution in [0.1, 0.15) is 25.3 Å². The molecule has 1 aliphatic rings. The fourth-order valence-corrected chi connectivity index (χ4v) is 2.67. The van der Waals surface area contributed by atoms with E-state index >= 15 is 0 Å². The molecule has 1 aromatic rings. The molecule has 0 spiro atoms. The Morgan fingerprint density at radius 2 is 2.28 bits per heavy atom. The molecule has 1 saturated heterocycles. The van der Waals surface area contributed by atoms with E-state index in [4.69, 9.17) is 0 Å². The summed E-state index contributed by atoms with van der Waals surface area (Å²) in [5.41, 5.74) is 2.23. The Balaban J connectivity index is 1.91. The third kappa shape index (κ3) is 3.22. The smallest absolute Gasteiger partial charge is 0.123 e. The fourth-order valence-electron chi connectivity index (χ4n) is 2.67. The highest BCUT2D eigenvalue weighted by atomic mass is 19.1. The molecule has 0 bridgehead atoms. The number of nitrogens with zero attached hydrogens (tertiary/aromatic N) is 1. The molecular formula is C15H23FN2. The number of aryl methyl sites for hydroxylation is 1. The summed E-state index contributed by atoms with van der Waals surface area (Å²) in [5, 5.41) is 3.49. The first-order valence-corrected chi connectivity index (χ1v) is 6.92. The second-order valence-electron chi connectivity index (χ2n) is 5.24. The van der Waals surface area contributed by atoms with Gasteiger partial charge in [-0.2, -0.15) is 0 Å². The average Bonchev–Trinajstić information content (AvgIpc) is 2.78. The lowest BCUT2D eigenvalue weighted by molar-refractivity contribution is 0.516. The Labute approximate surface area is 109 Å². The van der Waals surface area contributed by atoms with Gasteiger partial charge < -0.3 is 10.2 Å². The maximum absolute atomic E-state index is 13.1. The Morgan fingerprint density at radius 3 is 3.00 bits per heavy atom. The van der Waals surface area contributed by atoms with Gasteiger partial charge in [-0.25, -0.2) is 4.39 Å². The molecule has 1 aliphatic heterocycles. The molecule has 1 heterocycles. The third-order valence-corrected chi connectivity index (χ3v) is 3.65. The van der Waals surface area contributed by atoms with E-state index in [9.17, 15) is 4.39 Å². The number of anilines is 1. The zero-order valence-corrected chi connectivity index (χ0v) is 11.4. The van der Waals surface area contributed by atoms with Gasteiger partial charge in [-0.1, -0.05) is 6.92 Å². The van der Waals surface area contributed by atoms with Gasteiger partial charge in [-0.05, 0) is 62.5 Å². The summed E-state index contributed by atoms with van der Waals surface area (Å²) < 4.78 is 13.1. The minimum absolute atomic E-state index is 0.142. The van der Waals surface area contributed by atoms with Gasteiger partial charge in [0.25, 0.3) is 0 Å². The normalized spacial score (nSPS) is 19.5. The summed E-state index contributed by atoms with van der Waals surface area (Å²) in [6, 6.07) is 5.09. The molecule has 100 valence electrons. The molecule has 1 atom stereocenters. The zero-order valence-electron chi connectivity index (χ0n) is 11.4. The van der Waals surface area contributed by atoms with Crippen molar-refractivity contribution in [3.8, 4) is 0 Å². The van der Waals surface area contributed by atoms with Crippen molar-refractivity contribution < 1.29 is 4.39 Å². The predicted octanol–water partition coefficient (Wildman–Crippen LogP) is 2.96.